The Balaban J connectivity index is 1.59. The molecule has 0 aliphatic carbocycles. The van der Waals surface area contributed by atoms with Gasteiger partial charge < -0.3 is 19.9 Å². The van der Waals surface area contributed by atoms with Gasteiger partial charge in [0, 0.05) is 37.1 Å². The molecule has 3 rings (SSSR count). The van der Waals surface area contributed by atoms with Gasteiger partial charge in [-0.25, -0.2) is 4.79 Å². The van der Waals surface area contributed by atoms with E-state index in [1.165, 1.54) is 12.8 Å². The number of carbonyl (C=O) groups is 2. The van der Waals surface area contributed by atoms with Crippen molar-refractivity contribution in [2.45, 2.75) is 52.1 Å². The average Bonchev–Trinajstić information content (AvgIpc) is 3.15. The monoisotopic (exact) mass is 407 g/mol. The molecule has 2 aliphatic rings. The number of piperidine rings is 1. The van der Waals surface area contributed by atoms with E-state index < -0.39 is 5.60 Å². The molecule has 2 saturated heterocycles. The van der Waals surface area contributed by atoms with Crippen molar-refractivity contribution in [2.75, 3.05) is 36.4 Å². The zero-order valence-electron chi connectivity index (χ0n) is 17.0. The van der Waals surface area contributed by atoms with Crippen LogP contribution in [0.2, 0.25) is 5.02 Å². The summed E-state index contributed by atoms with van der Waals surface area (Å²) in [5.74, 6) is -0.129. The van der Waals surface area contributed by atoms with Crippen molar-refractivity contribution >= 4 is 35.0 Å². The lowest BCUT2D eigenvalue weighted by Gasteiger charge is -2.33. The molecule has 0 radical (unpaired) electrons. The highest BCUT2D eigenvalue weighted by molar-refractivity contribution is 6.31. The highest BCUT2D eigenvalue weighted by Crippen LogP contribution is 2.32. The summed E-state index contributed by atoms with van der Waals surface area (Å²) >= 11 is 6.17. The molecule has 7 heteroatoms. The largest absolute Gasteiger partial charge is 0.444 e. The predicted molar refractivity (Wildman–Crippen MR) is 112 cm³/mol. The first-order valence-electron chi connectivity index (χ1n) is 10.1. The van der Waals surface area contributed by atoms with Crippen molar-refractivity contribution in [1.82, 2.24) is 4.90 Å². The van der Waals surface area contributed by atoms with Gasteiger partial charge in [0.15, 0.2) is 0 Å². The van der Waals surface area contributed by atoms with E-state index in [-0.39, 0.29) is 17.9 Å². The Hall–Kier alpha value is -1.95. The summed E-state index contributed by atoms with van der Waals surface area (Å²) in [7, 11) is 0. The van der Waals surface area contributed by atoms with E-state index in [1.807, 2.05) is 39.0 Å². The number of carbonyl (C=O) groups excluding carboxylic acids is 2. The quantitative estimate of drug-likeness (QED) is 0.799. The Kier molecular flexibility index (Phi) is 6.38. The van der Waals surface area contributed by atoms with E-state index in [0.29, 0.717) is 31.0 Å². The third kappa shape index (κ3) is 5.31. The van der Waals surface area contributed by atoms with E-state index >= 15 is 0 Å². The molecule has 6 nitrogen and oxygen atoms in total. The van der Waals surface area contributed by atoms with Crippen LogP contribution in [0.25, 0.3) is 0 Å². The molecule has 2 heterocycles. The van der Waals surface area contributed by atoms with Gasteiger partial charge in [0.05, 0.1) is 11.4 Å². The van der Waals surface area contributed by atoms with E-state index in [9.17, 15) is 9.59 Å². The molecule has 0 unspecified atom stereocenters. The Morgan fingerprint density at radius 2 is 1.75 bits per heavy atom. The summed E-state index contributed by atoms with van der Waals surface area (Å²) in [6.07, 6.45) is 3.28. The van der Waals surface area contributed by atoms with Crippen LogP contribution in [-0.2, 0) is 9.53 Å². The molecule has 1 aromatic rings. The minimum absolute atomic E-state index is 0.00782. The number of likely N-dealkylation sites (tertiary alicyclic amines) is 1. The molecule has 0 spiro atoms. The number of rotatable bonds is 3. The van der Waals surface area contributed by atoms with Crippen molar-refractivity contribution in [3.63, 3.8) is 0 Å². The van der Waals surface area contributed by atoms with Crippen LogP contribution in [0.5, 0.6) is 0 Å². The van der Waals surface area contributed by atoms with Crippen LogP contribution in [0.15, 0.2) is 18.2 Å². The summed E-state index contributed by atoms with van der Waals surface area (Å²) in [4.78, 5) is 29.0. The molecule has 28 heavy (non-hydrogen) atoms. The van der Waals surface area contributed by atoms with Crippen molar-refractivity contribution in [2.24, 2.45) is 5.92 Å². The van der Waals surface area contributed by atoms with Crippen LogP contribution in [0.4, 0.5) is 16.2 Å². The van der Waals surface area contributed by atoms with E-state index in [4.69, 9.17) is 16.3 Å². The maximum Gasteiger partial charge on any atom is 0.410 e. The van der Waals surface area contributed by atoms with Crippen molar-refractivity contribution in [3.8, 4) is 0 Å². The molecular formula is C21H30ClN3O3. The number of nitrogens with one attached hydrogen (secondary N) is 1. The molecule has 2 amide bonds. The molecule has 0 aromatic heterocycles. The minimum atomic E-state index is -0.510. The van der Waals surface area contributed by atoms with Gasteiger partial charge >= 0.3 is 6.09 Å². The molecule has 154 valence electrons. The van der Waals surface area contributed by atoms with Crippen LogP contribution < -0.4 is 10.2 Å². The maximum absolute atomic E-state index is 12.8. The van der Waals surface area contributed by atoms with E-state index in [0.717, 1.165) is 24.5 Å². The normalized spacial score (nSPS) is 18.3. The second kappa shape index (κ2) is 8.60. The van der Waals surface area contributed by atoms with Crippen LogP contribution in [0.1, 0.15) is 46.5 Å². The second-order valence-electron chi connectivity index (χ2n) is 8.59. The lowest BCUT2D eigenvalue weighted by Crippen LogP contribution is -2.43. The van der Waals surface area contributed by atoms with Crippen molar-refractivity contribution < 1.29 is 14.3 Å². The first-order chi connectivity index (χ1) is 13.2. The van der Waals surface area contributed by atoms with Gasteiger partial charge in [-0.05, 0) is 64.7 Å². The van der Waals surface area contributed by atoms with Crippen LogP contribution >= 0.6 is 11.6 Å². The summed E-state index contributed by atoms with van der Waals surface area (Å²) in [6, 6.07) is 5.67. The maximum atomic E-state index is 12.8. The summed E-state index contributed by atoms with van der Waals surface area (Å²) in [5.41, 5.74) is 1.29. The molecular weight excluding hydrogens is 378 g/mol. The first-order valence-corrected chi connectivity index (χ1v) is 10.4. The van der Waals surface area contributed by atoms with E-state index in [2.05, 4.69) is 10.2 Å². The number of halogens is 1. The highest BCUT2D eigenvalue weighted by Gasteiger charge is 2.30. The molecule has 0 bridgehead atoms. The molecule has 0 atom stereocenters. The highest BCUT2D eigenvalue weighted by atomic mass is 35.5. The minimum Gasteiger partial charge on any atom is -0.444 e. The first kappa shape index (κ1) is 20.8. The van der Waals surface area contributed by atoms with Gasteiger partial charge in [-0.2, -0.15) is 0 Å². The third-order valence-corrected chi connectivity index (χ3v) is 5.42. The Labute approximate surface area is 172 Å². The summed E-state index contributed by atoms with van der Waals surface area (Å²) in [5, 5.41) is 3.69. The zero-order chi connectivity index (χ0) is 20.3. The average molecular weight is 408 g/mol. The van der Waals surface area contributed by atoms with Crippen LogP contribution in [-0.4, -0.2) is 48.7 Å². The number of hydrogen-bond donors (Lipinski definition) is 1. The molecule has 2 fully saturated rings. The summed E-state index contributed by atoms with van der Waals surface area (Å²) < 4.78 is 5.42. The Morgan fingerprint density at radius 1 is 1.11 bits per heavy atom. The van der Waals surface area contributed by atoms with Gasteiger partial charge in [-0.15, -0.1) is 0 Å². The molecule has 0 saturated carbocycles. The van der Waals surface area contributed by atoms with Gasteiger partial charge in [-0.1, -0.05) is 11.6 Å². The smallest absolute Gasteiger partial charge is 0.410 e. The van der Waals surface area contributed by atoms with Crippen molar-refractivity contribution in [1.29, 1.82) is 0 Å². The van der Waals surface area contributed by atoms with Crippen molar-refractivity contribution in [3.05, 3.63) is 23.2 Å². The van der Waals surface area contributed by atoms with Gasteiger partial charge in [-0.3, -0.25) is 4.79 Å². The molecule has 1 aromatic carbocycles. The summed E-state index contributed by atoms with van der Waals surface area (Å²) in [6.45, 7) is 8.62. The molecule has 2 aliphatic heterocycles. The topological polar surface area (TPSA) is 61.9 Å². The molecule has 1 N–H and O–H groups in total. The zero-order valence-corrected chi connectivity index (χ0v) is 17.7. The fourth-order valence-electron chi connectivity index (χ4n) is 3.73. The second-order valence-corrected chi connectivity index (χ2v) is 9.02. The van der Waals surface area contributed by atoms with Crippen LogP contribution in [0.3, 0.4) is 0 Å². The predicted octanol–water partition coefficient (Wildman–Crippen LogP) is 4.53. The third-order valence-electron chi connectivity index (χ3n) is 5.18. The Morgan fingerprint density at radius 3 is 2.36 bits per heavy atom. The van der Waals surface area contributed by atoms with E-state index in [1.54, 1.807) is 4.90 Å². The van der Waals surface area contributed by atoms with Crippen LogP contribution in [0, 0.1) is 5.92 Å². The number of hydrogen-bond acceptors (Lipinski definition) is 4. The SMILES string of the molecule is CC(C)(C)OC(=O)N1CCC(C(=O)Nc2cc(Cl)ccc2N2CCCC2)CC1. The fourth-order valence-corrected chi connectivity index (χ4v) is 3.90. The van der Waals surface area contributed by atoms with Gasteiger partial charge in [0.25, 0.3) is 0 Å². The number of benzene rings is 1. The standard InChI is InChI=1S/C21H30ClN3O3/c1-21(2,3)28-20(27)25-12-8-15(9-13-25)19(26)23-17-14-16(22)6-7-18(17)24-10-4-5-11-24/h6-7,14-15H,4-5,8-13H2,1-3H3,(H,23,26). The Bertz CT molecular complexity index is 718. The lowest BCUT2D eigenvalue weighted by molar-refractivity contribution is -0.121. The number of anilines is 2. The fraction of sp³-hybridized carbons (Fsp3) is 0.619. The number of ether oxygens (including phenoxy) is 1. The number of amides is 2. The lowest BCUT2D eigenvalue weighted by atomic mass is 9.96. The number of nitrogens with zero attached hydrogens (tertiary/aromatic N) is 2. The van der Waals surface area contributed by atoms with Gasteiger partial charge in [0.2, 0.25) is 5.91 Å². The van der Waals surface area contributed by atoms with Gasteiger partial charge in [0.1, 0.15) is 5.60 Å².